The lowest BCUT2D eigenvalue weighted by atomic mass is 9.75. The quantitative estimate of drug-likeness (QED) is 0.700. The van der Waals surface area contributed by atoms with Crippen LogP contribution in [0.25, 0.3) is 0 Å². The zero-order valence-corrected chi connectivity index (χ0v) is 10.4. The van der Waals surface area contributed by atoms with Crippen molar-refractivity contribution in [1.29, 1.82) is 0 Å². The Morgan fingerprint density at radius 1 is 1.33 bits per heavy atom. The van der Waals surface area contributed by atoms with E-state index < -0.39 is 0 Å². The Kier molecular flexibility index (Phi) is 4.30. The van der Waals surface area contributed by atoms with Crippen LogP contribution < -0.4 is 0 Å². The van der Waals surface area contributed by atoms with Crippen molar-refractivity contribution in [1.82, 2.24) is 0 Å². The number of hydrogen-bond acceptors (Lipinski definition) is 1. The molecule has 1 fully saturated rings. The summed E-state index contributed by atoms with van der Waals surface area (Å²) in [5, 5.41) is 0. The smallest absolute Gasteiger partial charge is 0.110 e. The van der Waals surface area contributed by atoms with Gasteiger partial charge in [0, 0.05) is 0 Å². The SMILES string of the molecule is CC1CCC(C(C)C)C(OI)C1. The van der Waals surface area contributed by atoms with Gasteiger partial charge in [0.25, 0.3) is 0 Å². The molecule has 0 aromatic rings. The van der Waals surface area contributed by atoms with Gasteiger partial charge in [-0.25, -0.2) is 0 Å². The molecular formula is C10H19IO. The zero-order chi connectivity index (χ0) is 9.14. The fourth-order valence-corrected chi connectivity index (χ4v) is 2.80. The Balaban J connectivity index is 2.50. The summed E-state index contributed by atoms with van der Waals surface area (Å²) in [4.78, 5) is 0. The van der Waals surface area contributed by atoms with Crippen LogP contribution in [0.4, 0.5) is 0 Å². The molecule has 1 aliphatic carbocycles. The fourth-order valence-electron chi connectivity index (χ4n) is 2.22. The Morgan fingerprint density at radius 3 is 2.50 bits per heavy atom. The van der Waals surface area contributed by atoms with Gasteiger partial charge in [-0.15, -0.1) is 0 Å². The highest BCUT2D eigenvalue weighted by Crippen LogP contribution is 2.35. The van der Waals surface area contributed by atoms with Gasteiger partial charge in [0.15, 0.2) is 0 Å². The fraction of sp³-hybridized carbons (Fsp3) is 1.00. The second-order valence-electron chi connectivity index (χ2n) is 4.45. The summed E-state index contributed by atoms with van der Waals surface area (Å²) < 4.78 is 5.51. The highest BCUT2D eigenvalue weighted by Gasteiger charge is 2.30. The third kappa shape index (κ3) is 2.59. The molecule has 0 aromatic heterocycles. The van der Waals surface area contributed by atoms with Gasteiger partial charge in [-0.1, -0.05) is 27.2 Å². The number of rotatable bonds is 2. The summed E-state index contributed by atoms with van der Waals surface area (Å²) in [5.41, 5.74) is 0. The molecule has 0 N–H and O–H groups in total. The highest BCUT2D eigenvalue weighted by molar-refractivity contribution is 14.1. The maximum Gasteiger partial charge on any atom is 0.110 e. The molecule has 1 nitrogen and oxygen atoms in total. The predicted molar refractivity (Wildman–Crippen MR) is 60.2 cm³/mol. The van der Waals surface area contributed by atoms with Gasteiger partial charge in [-0.3, -0.25) is 0 Å². The van der Waals surface area contributed by atoms with Gasteiger partial charge < -0.3 is 3.07 Å². The maximum absolute atomic E-state index is 5.51. The molecule has 12 heavy (non-hydrogen) atoms. The van der Waals surface area contributed by atoms with E-state index in [0.29, 0.717) is 6.10 Å². The molecule has 0 radical (unpaired) electrons. The van der Waals surface area contributed by atoms with Gasteiger partial charge in [0.1, 0.15) is 23.0 Å². The summed E-state index contributed by atoms with van der Waals surface area (Å²) in [7, 11) is 0. The summed E-state index contributed by atoms with van der Waals surface area (Å²) in [6, 6.07) is 0. The molecule has 3 unspecified atom stereocenters. The maximum atomic E-state index is 5.51. The first-order chi connectivity index (χ1) is 5.65. The zero-order valence-electron chi connectivity index (χ0n) is 8.22. The van der Waals surface area contributed by atoms with Crippen LogP contribution in [0.2, 0.25) is 0 Å². The second-order valence-corrected chi connectivity index (χ2v) is 4.96. The summed E-state index contributed by atoms with van der Waals surface area (Å²) in [5.74, 6) is 2.43. The van der Waals surface area contributed by atoms with Crippen LogP contribution in [-0.4, -0.2) is 6.10 Å². The van der Waals surface area contributed by atoms with E-state index in [1.807, 2.05) is 0 Å². The molecule has 0 heterocycles. The van der Waals surface area contributed by atoms with Crippen LogP contribution in [0, 0.1) is 17.8 Å². The van der Waals surface area contributed by atoms with Gasteiger partial charge in [0.2, 0.25) is 0 Å². The van der Waals surface area contributed by atoms with Crippen LogP contribution in [0.5, 0.6) is 0 Å². The van der Waals surface area contributed by atoms with E-state index in [1.165, 1.54) is 19.3 Å². The minimum atomic E-state index is 0.509. The first kappa shape index (κ1) is 10.8. The van der Waals surface area contributed by atoms with Gasteiger partial charge >= 0.3 is 0 Å². The van der Waals surface area contributed by atoms with Crippen molar-refractivity contribution in [2.75, 3.05) is 0 Å². The molecule has 72 valence electrons. The summed E-state index contributed by atoms with van der Waals surface area (Å²) in [6.45, 7) is 6.95. The third-order valence-electron chi connectivity index (χ3n) is 3.08. The van der Waals surface area contributed by atoms with Crippen molar-refractivity contribution in [3.63, 3.8) is 0 Å². The molecular weight excluding hydrogens is 263 g/mol. The first-order valence-electron chi connectivity index (χ1n) is 4.92. The topological polar surface area (TPSA) is 9.23 Å². The minimum Gasteiger partial charge on any atom is -0.312 e. The van der Waals surface area contributed by atoms with E-state index in [-0.39, 0.29) is 0 Å². The Hall–Kier alpha value is 0.690. The lowest BCUT2D eigenvalue weighted by Crippen LogP contribution is -2.32. The lowest BCUT2D eigenvalue weighted by molar-refractivity contribution is 0.0797. The second kappa shape index (κ2) is 4.80. The van der Waals surface area contributed by atoms with Crippen LogP contribution in [0.1, 0.15) is 40.0 Å². The number of hydrogen-bond donors (Lipinski definition) is 0. The summed E-state index contributed by atoms with van der Waals surface area (Å²) in [6.07, 6.45) is 4.51. The molecule has 0 aliphatic heterocycles. The molecule has 0 saturated heterocycles. The molecule has 0 amide bonds. The van der Waals surface area contributed by atoms with Crippen molar-refractivity contribution >= 4 is 23.0 Å². The van der Waals surface area contributed by atoms with Gasteiger partial charge in [-0.05, 0) is 30.6 Å². The van der Waals surface area contributed by atoms with E-state index in [4.69, 9.17) is 3.07 Å². The number of halogens is 1. The van der Waals surface area contributed by atoms with E-state index in [0.717, 1.165) is 17.8 Å². The van der Waals surface area contributed by atoms with Crippen molar-refractivity contribution in [3.8, 4) is 0 Å². The standard InChI is InChI=1S/C10H19IO/c1-7(2)9-5-4-8(3)6-10(9)12-11/h7-10H,4-6H2,1-3H3. The molecule has 1 rings (SSSR count). The van der Waals surface area contributed by atoms with Crippen molar-refractivity contribution in [3.05, 3.63) is 0 Å². The molecule has 0 bridgehead atoms. The van der Waals surface area contributed by atoms with Gasteiger partial charge in [0.05, 0.1) is 6.10 Å². The van der Waals surface area contributed by atoms with Crippen molar-refractivity contribution < 1.29 is 3.07 Å². The molecule has 0 aromatic carbocycles. The van der Waals surface area contributed by atoms with E-state index >= 15 is 0 Å². The van der Waals surface area contributed by atoms with E-state index in [1.54, 1.807) is 0 Å². The van der Waals surface area contributed by atoms with Crippen LogP contribution in [-0.2, 0) is 3.07 Å². The monoisotopic (exact) mass is 282 g/mol. The Bertz CT molecular complexity index is 136. The average Bonchev–Trinajstić information content (AvgIpc) is 2.03. The van der Waals surface area contributed by atoms with Crippen LogP contribution in [0.15, 0.2) is 0 Å². The normalized spacial score (nSPS) is 37.2. The molecule has 1 aliphatic rings. The Labute approximate surface area is 89.9 Å². The largest absolute Gasteiger partial charge is 0.312 e. The van der Waals surface area contributed by atoms with Crippen LogP contribution >= 0.6 is 23.0 Å². The van der Waals surface area contributed by atoms with Crippen molar-refractivity contribution in [2.45, 2.75) is 46.1 Å². The van der Waals surface area contributed by atoms with Crippen LogP contribution in [0.3, 0.4) is 0 Å². The first-order valence-corrected chi connectivity index (χ1v) is 5.80. The van der Waals surface area contributed by atoms with Gasteiger partial charge in [-0.2, -0.15) is 0 Å². The molecule has 0 spiro atoms. The van der Waals surface area contributed by atoms with E-state index in [2.05, 4.69) is 43.8 Å². The third-order valence-corrected chi connectivity index (χ3v) is 3.73. The molecule has 3 atom stereocenters. The molecule has 1 saturated carbocycles. The summed E-state index contributed by atoms with van der Waals surface area (Å²) >= 11 is 2.07. The van der Waals surface area contributed by atoms with Crippen molar-refractivity contribution in [2.24, 2.45) is 17.8 Å². The predicted octanol–water partition coefficient (Wildman–Crippen LogP) is 3.81. The lowest BCUT2D eigenvalue weighted by Gasteiger charge is -2.35. The highest BCUT2D eigenvalue weighted by atomic mass is 127. The average molecular weight is 282 g/mol. The molecule has 2 heteroatoms. The van der Waals surface area contributed by atoms with E-state index in [9.17, 15) is 0 Å². The Morgan fingerprint density at radius 2 is 2.00 bits per heavy atom. The minimum absolute atomic E-state index is 0.509.